The van der Waals surface area contributed by atoms with Crippen LogP contribution in [0.2, 0.25) is 0 Å². The van der Waals surface area contributed by atoms with Crippen molar-refractivity contribution in [2.45, 2.75) is 63.6 Å². The molecule has 0 aromatic carbocycles. The molecule has 1 aromatic heterocycles. The first-order chi connectivity index (χ1) is 13.2. The molecule has 2 N–H and O–H groups in total. The Morgan fingerprint density at radius 1 is 1.15 bits per heavy atom. The predicted molar refractivity (Wildman–Crippen MR) is 113 cm³/mol. The summed E-state index contributed by atoms with van der Waals surface area (Å²) >= 11 is 0. The molecule has 0 amide bonds. The first-order valence-electron chi connectivity index (χ1n) is 10.5. The molecule has 1 saturated carbocycles. The minimum absolute atomic E-state index is 0.511. The van der Waals surface area contributed by atoms with Gasteiger partial charge in [-0.2, -0.15) is 0 Å². The normalized spacial score (nSPS) is 20.5. The number of guanidine groups is 1. The number of aliphatic imine (C=N–C) groups is 1. The number of piperidine rings is 1. The summed E-state index contributed by atoms with van der Waals surface area (Å²) in [5.74, 6) is 1.86. The van der Waals surface area contributed by atoms with Crippen molar-refractivity contribution in [2.75, 3.05) is 39.1 Å². The van der Waals surface area contributed by atoms with E-state index in [9.17, 15) is 0 Å². The summed E-state index contributed by atoms with van der Waals surface area (Å²) < 4.78 is 0. The molecule has 1 aromatic rings. The zero-order chi connectivity index (χ0) is 19.1. The van der Waals surface area contributed by atoms with Crippen molar-refractivity contribution in [3.8, 4) is 0 Å². The third kappa shape index (κ3) is 5.83. The van der Waals surface area contributed by atoms with Gasteiger partial charge in [0, 0.05) is 46.3 Å². The fourth-order valence-electron chi connectivity index (χ4n) is 4.23. The Kier molecular flexibility index (Phi) is 7.33. The summed E-state index contributed by atoms with van der Waals surface area (Å²) in [7, 11) is 5.87. The van der Waals surface area contributed by atoms with Crippen LogP contribution in [0.25, 0.3) is 0 Å². The molecule has 150 valence electrons. The van der Waals surface area contributed by atoms with Crippen LogP contribution in [0.3, 0.4) is 0 Å². The predicted octanol–water partition coefficient (Wildman–Crippen LogP) is 2.61. The second kappa shape index (κ2) is 9.93. The van der Waals surface area contributed by atoms with Crippen LogP contribution >= 0.6 is 0 Å². The standard InChI is InChI=1S/C21H36N6/c1-22-21(23-16-18-8-7-11-20(24-18)26(2)3)25-17-12-14-27(15-13-17)19-9-5-4-6-10-19/h7-8,11,17,19H,4-6,9-10,12-16H2,1-3H3,(H2,22,23,25). The van der Waals surface area contributed by atoms with Gasteiger partial charge in [0.25, 0.3) is 0 Å². The van der Waals surface area contributed by atoms with Gasteiger partial charge in [-0.25, -0.2) is 4.98 Å². The molecule has 0 spiro atoms. The van der Waals surface area contributed by atoms with Crippen molar-refractivity contribution < 1.29 is 0 Å². The summed E-state index contributed by atoms with van der Waals surface area (Å²) in [6.07, 6.45) is 9.48. The lowest BCUT2D eigenvalue weighted by Crippen LogP contribution is -2.50. The van der Waals surface area contributed by atoms with Crippen LogP contribution in [0.5, 0.6) is 0 Å². The van der Waals surface area contributed by atoms with Crippen molar-refractivity contribution in [1.29, 1.82) is 0 Å². The van der Waals surface area contributed by atoms with Crippen molar-refractivity contribution in [2.24, 2.45) is 4.99 Å². The highest BCUT2D eigenvalue weighted by atomic mass is 15.2. The van der Waals surface area contributed by atoms with Crippen LogP contribution < -0.4 is 15.5 Å². The minimum Gasteiger partial charge on any atom is -0.363 e. The average molecular weight is 373 g/mol. The molecule has 3 rings (SSSR count). The molecule has 2 fully saturated rings. The Hall–Kier alpha value is -1.82. The van der Waals surface area contributed by atoms with Crippen LogP contribution in [0.4, 0.5) is 5.82 Å². The maximum atomic E-state index is 4.66. The largest absolute Gasteiger partial charge is 0.363 e. The van der Waals surface area contributed by atoms with Gasteiger partial charge in [-0.05, 0) is 37.8 Å². The number of hydrogen-bond donors (Lipinski definition) is 2. The van der Waals surface area contributed by atoms with Crippen molar-refractivity contribution in [3.05, 3.63) is 23.9 Å². The summed E-state index contributed by atoms with van der Waals surface area (Å²) in [4.78, 5) is 13.8. The van der Waals surface area contributed by atoms with E-state index in [2.05, 4.69) is 37.6 Å². The molecule has 0 unspecified atom stereocenters. The fraction of sp³-hybridized carbons (Fsp3) is 0.714. The van der Waals surface area contributed by atoms with Gasteiger partial charge in [0.2, 0.25) is 0 Å². The quantitative estimate of drug-likeness (QED) is 0.615. The van der Waals surface area contributed by atoms with E-state index < -0.39 is 0 Å². The van der Waals surface area contributed by atoms with E-state index in [1.54, 1.807) is 0 Å². The van der Waals surface area contributed by atoms with E-state index in [4.69, 9.17) is 0 Å². The van der Waals surface area contributed by atoms with E-state index in [0.717, 1.165) is 23.5 Å². The van der Waals surface area contributed by atoms with Crippen LogP contribution in [0, 0.1) is 0 Å². The van der Waals surface area contributed by atoms with Gasteiger partial charge in [-0.3, -0.25) is 4.99 Å². The first-order valence-corrected chi connectivity index (χ1v) is 10.5. The second-order valence-corrected chi connectivity index (χ2v) is 8.05. The number of nitrogens with one attached hydrogen (secondary N) is 2. The molecular formula is C21H36N6. The topological polar surface area (TPSA) is 55.8 Å². The van der Waals surface area contributed by atoms with E-state index in [1.807, 2.05) is 32.1 Å². The van der Waals surface area contributed by atoms with Gasteiger partial charge in [0.05, 0.1) is 12.2 Å². The second-order valence-electron chi connectivity index (χ2n) is 8.05. The van der Waals surface area contributed by atoms with Crippen LogP contribution in [-0.2, 0) is 6.54 Å². The molecule has 1 saturated heterocycles. The van der Waals surface area contributed by atoms with Crippen LogP contribution in [0.15, 0.2) is 23.2 Å². The molecule has 2 aliphatic rings. The summed E-state index contributed by atoms with van der Waals surface area (Å²) in [6.45, 7) is 3.11. The first kappa shape index (κ1) is 19.9. The molecule has 0 radical (unpaired) electrons. The number of anilines is 1. The Morgan fingerprint density at radius 3 is 2.56 bits per heavy atom. The van der Waals surface area contributed by atoms with Gasteiger partial charge in [0.1, 0.15) is 5.82 Å². The van der Waals surface area contributed by atoms with Crippen LogP contribution in [-0.4, -0.2) is 62.2 Å². The van der Waals surface area contributed by atoms with Crippen LogP contribution in [0.1, 0.15) is 50.6 Å². The molecule has 0 bridgehead atoms. The Labute approximate surface area is 164 Å². The van der Waals surface area contributed by atoms with Crippen molar-refractivity contribution in [1.82, 2.24) is 20.5 Å². The van der Waals surface area contributed by atoms with Gasteiger partial charge >= 0.3 is 0 Å². The number of hydrogen-bond acceptors (Lipinski definition) is 4. The monoisotopic (exact) mass is 372 g/mol. The highest BCUT2D eigenvalue weighted by Gasteiger charge is 2.26. The Balaban J connectivity index is 1.43. The molecule has 6 heteroatoms. The van der Waals surface area contributed by atoms with Crippen molar-refractivity contribution in [3.63, 3.8) is 0 Å². The van der Waals surface area contributed by atoms with Gasteiger partial charge in [-0.1, -0.05) is 25.3 Å². The smallest absolute Gasteiger partial charge is 0.191 e. The van der Waals surface area contributed by atoms with E-state index in [-0.39, 0.29) is 0 Å². The number of nitrogens with zero attached hydrogens (tertiary/aromatic N) is 4. The summed E-state index contributed by atoms with van der Waals surface area (Å²) in [5.41, 5.74) is 1.02. The van der Waals surface area contributed by atoms with Gasteiger partial charge in [-0.15, -0.1) is 0 Å². The minimum atomic E-state index is 0.511. The number of aromatic nitrogens is 1. The molecule has 27 heavy (non-hydrogen) atoms. The summed E-state index contributed by atoms with van der Waals surface area (Å²) in [6, 6.07) is 7.48. The van der Waals surface area contributed by atoms with E-state index in [1.165, 1.54) is 58.0 Å². The maximum absolute atomic E-state index is 4.66. The zero-order valence-electron chi connectivity index (χ0n) is 17.2. The lowest BCUT2D eigenvalue weighted by molar-refractivity contribution is 0.119. The number of rotatable bonds is 5. The third-order valence-electron chi connectivity index (χ3n) is 5.87. The fourth-order valence-corrected chi connectivity index (χ4v) is 4.23. The lowest BCUT2D eigenvalue weighted by atomic mass is 9.92. The summed E-state index contributed by atoms with van der Waals surface area (Å²) in [5, 5.41) is 7.03. The molecule has 2 heterocycles. The lowest BCUT2D eigenvalue weighted by Gasteiger charge is -2.39. The third-order valence-corrected chi connectivity index (χ3v) is 5.87. The van der Waals surface area contributed by atoms with Gasteiger partial charge in [0.15, 0.2) is 5.96 Å². The molecule has 0 atom stereocenters. The van der Waals surface area contributed by atoms with E-state index in [0.29, 0.717) is 12.6 Å². The highest BCUT2D eigenvalue weighted by Crippen LogP contribution is 2.25. The molecular weight excluding hydrogens is 336 g/mol. The van der Waals surface area contributed by atoms with Crippen molar-refractivity contribution >= 4 is 11.8 Å². The Morgan fingerprint density at radius 2 is 1.89 bits per heavy atom. The molecule has 1 aliphatic carbocycles. The van der Waals surface area contributed by atoms with E-state index >= 15 is 0 Å². The zero-order valence-corrected chi connectivity index (χ0v) is 17.2. The number of pyridine rings is 1. The molecule has 6 nitrogen and oxygen atoms in total. The SMILES string of the molecule is CN=C(NCc1cccc(N(C)C)n1)NC1CCN(C2CCCCC2)CC1. The molecule has 1 aliphatic heterocycles. The van der Waals surface area contributed by atoms with Gasteiger partial charge < -0.3 is 20.4 Å². The average Bonchev–Trinajstić information content (AvgIpc) is 2.72. The Bertz CT molecular complexity index is 600. The highest BCUT2D eigenvalue weighted by molar-refractivity contribution is 5.79. The maximum Gasteiger partial charge on any atom is 0.191 e. The number of likely N-dealkylation sites (tertiary alicyclic amines) is 1.